The predicted octanol–water partition coefficient (Wildman–Crippen LogP) is 3.53. The molecule has 0 spiro atoms. The highest BCUT2D eigenvalue weighted by atomic mass is 35.5. The number of aromatic nitrogens is 1. The van der Waals surface area contributed by atoms with E-state index in [2.05, 4.69) is 28.1 Å². The van der Waals surface area contributed by atoms with E-state index in [1.165, 1.54) is 11.1 Å². The van der Waals surface area contributed by atoms with Gasteiger partial charge in [-0.1, -0.05) is 47.5 Å². The molecule has 0 saturated heterocycles. The van der Waals surface area contributed by atoms with Gasteiger partial charge in [0.2, 0.25) is 0 Å². The first-order chi connectivity index (χ1) is 9.15. The molecule has 0 saturated carbocycles. The zero-order valence-corrected chi connectivity index (χ0v) is 11.7. The van der Waals surface area contributed by atoms with Crippen molar-refractivity contribution in [2.75, 3.05) is 17.2 Å². The summed E-state index contributed by atoms with van der Waals surface area (Å²) in [6.07, 6.45) is 0.983. The number of anilines is 2. The molecule has 1 aliphatic heterocycles. The summed E-state index contributed by atoms with van der Waals surface area (Å²) in [5.74, 6) is 1.03. The van der Waals surface area contributed by atoms with E-state index in [9.17, 15) is 0 Å². The van der Waals surface area contributed by atoms with Crippen molar-refractivity contribution in [3.05, 3.63) is 51.5 Å². The zero-order chi connectivity index (χ0) is 13.4. The smallest absolute Gasteiger partial charge is 0.150 e. The molecule has 98 valence electrons. The average Bonchev–Trinajstić information content (AvgIpc) is 2.42. The fraction of sp³-hybridized carbons (Fsp3) is 0.214. The number of benzene rings is 1. The lowest BCUT2D eigenvalue weighted by molar-refractivity contribution is 0.722. The van der Waals surface area contributed by atoms with Gasteiger partial charge in [0.25, 0.3) is 0 Å². The van der Waals surface area contributed by atoms with Gasteiger partial charge in [-0.2, -0.15) is 0 Å². The summed E-state index contributed by atoms with van der Waals surface area (Å²) < 4.78 is 0. The molecule has 5 heteroatoms. The SMILES string of the molecule is Nc1nc(N2CCc3ccccc3C2)c(Cl)cc1Cl. The second-order valence-electron chi connectivity index (χ2n) is 4.60. The van der Waals surface area contributed by atoms with Gasteiger partial charge in [-0.15, -0.1) is 0 Å². The number of halogens is 2. The van der Waals surface area contributed by atoms with Crippen molar-refractivity contribution in [3.63, 3.8) is 0 Å². The van der Waals surface area contributed by atoms with Crippen LogP contribution in [0.4, 0.5) is 11.6 Å². The summed E-state index contributed by atoms with van der Waals surface area (Å²) in [6.45, 7) is 1.68. The highest BCUT2D eigenvalue weighted by molar-refractivity contribution is 6.37. The van der Waals surface area contributed by atoms with Crippen LogP contribution in [0.3, 0.4) is 0 Å². The quantitative estimate of drug-likeness (QED) is 0.874. The van der Waals surface area contributed by atoms with Crippen molar-refractivity contribution in [2.45, 2.75) is 13.0 Å². The third-order valence-corrected chi connectivity index (χ3v) is 3.95. The van der Waals surface area contributed by atoms with Crippen LogP contribution in [0.2, 0.25) is 10.0 Å². The van der Waals surface area contributed by atoms with Crippen LogP contribution >= 0.6 is 23.2 Å². The second kappa shape index (κ2) is 4.91. The molecule has 3 nitrogen and oxygen atoms in total. The molecule has 1 aliphatic rings. The Kier molecular flexibility index (Phi) is 3.25. The van der Waals surface area contributed by atoms with Gasteiger partial charge in [0, 0.05) is 13.1 Å². The Morgan fingerprint density at radius 3 is 2.63 bits per heavy atom. The fourth-order valence-electron chi connectivity index (χ4n) is 2.37. The van der Waals surface area contributed by atoms with E-state index in [1.807, 2.05) is 6.07 Å². The molecular weight excluding hydrogens is 281 g/mol. The lowest BCUT2D eigenvalue weighted by atomic mass is 10.00. The number of fused-ring (bicyclic) bond motifs is 1. The summed E-state index contributed by atoms with van der Waals surface area (Å²) in [5, 5.41) is 0.935. The number of pyridine rings is 1. The first-order valence-corrected chi connectivity index (χ1v) is 6.84. The molecule has 2 heterocycles. The van der Waals surface area contributed by atoms with Crippen molar-refractivity contribution in [1.29, 1.82) is 0 Å². The topological polar surface area (TPSA) is 42.1 Å². The van der Waals surface area contributed by atoms with Crippen molar-refractivity contribution in [3.8, 4) is 0 Å². The normalized spacial score (nSPS) is 14.3. The standard InChI is InChI=1S/C14H13Cl2N3/c15-11-7-12(16)14(18-13(11)17)19-6-5-9-3-1-2-4-10(9)8-19/h1-4,7H,5-6,8H2,(H2,17,18). The van der Waals surface area contributed by atoms with Gasteiger partial charge in [-0.05, 0) is 23.6 Å². The van der Waals surface area contributed by atoms with Crippen molar-refractivity contribution in [2.24, 2.45) is 0 Å². The van der Waals surface area contributed by atoms with E-state index in [1.54, 1.807) is 6.07 Å². The van der Waals surface area contributed by atoms with Gasteiger partial charge in [0.05, 0.1) is 10.0 Å². The molecule has 3 rings (SSSR count). The minimum absolute atomic E-state index is 0.319. The van der Waals surface area contributed by atoms with Gasteiger partial charge < -0.3 is 10.6 Å². The first-order valence-electron chi connectivity index (χ1n) is 6.08. The van der Waals surface area contributed by atoms with Crippen LogP contribution in [-0.2, 0) is 13.0 Å². The van der Waals surface area contributed by atoms with Crippen LogP contribution in [0.5, 0.6) is 0 Å². The van der Waals surface area contributed by atoms with E-state index >= 15 is 0 Å². The Hall–Kier alpha value is -1.45. The van der Waals surface area contributed by atoms with E-state index in [0.717, 1.165) is 19.5 Å². The third kappa shape index (κ3) is 2.36. The number of hydrogen-bond donors (Lipinski definition) is 1. The summed E-state index contributed by atoms with van der Waals surface area (Å²) >= 11 is 12.1. The fourth-order valence-corrected chi connectivity index (χ4v) is 2.85. The Bertz CT molecular complexity index is 628. The maximum Gasteiger partial charge on any atom is 0.150 e. The molecule has 0 unspecified atom stereocenters. The Labute approximate surface area is 122 Å². The van der Waals surface area contributed by atoms with Gasteiger partial charge in [0.1, 0.15) is 11.6 Å². The molecule has 0 bridgehead atoms. The van der Waals surface area contributed by atoms with E-state index in [0.29, 0.717) is 21.7 Å². The first kappa shape index (κ1) is 12.6. The van der Waals surface area contributed by atoms with E-state index in [-0.39, 0.29) is 0 Å². The summed E-state index contributed by atoms with van der Waals surface area (Å²) in [7, 11) is 0. The molecule has 0 fully saturated rings. The summed E-state index contributed by atoms with van der Waals surface area (Å²) in [5.41, 5.74) is 8.45. The van der Waals surface area contributed by atoms with Gasteiger partial charge in [-0.3, -0.25) is 0 Å². The van der Waals surface area contributed by atoms with Crippen molar-refractivity contribution >= 4 is 34.8 Å². The molecule has 1 aromatic heterocycles. The lowest BCUT2D eigenvalue weighted by Crippen LogP contribution is -2.31. The monoisotopic (exact) mass is 293 g/mol. The highest BCUT2D eigenvalue weighted by Crippen LogP contribution is 2.32. The van der Waals surface area contributed by atoms with Crippen LogP contribution in [-0.4, -0.2) is 11.5 Å². The highest BCUT2D eigenvalue weighted by Gasteiger charge is 2.20. The minimum atomic E-state index is 0.319. The Balaban J connectivity index is 1.95. The number of rotatable bonds is 1. The summed E-state index contributed by atoms with van der Waals surface area (Å²) in [6, 6.07) is 10.1. The molecule has 2 aromatic rings. The van der Waals surface area contributed by atoms with E-state index < -0.39 is 0 Å². The van der Waals surface area contributed by atoms with Crippen molar-refractivity contribution in [1.82, 2.24) is 4.98 Å². The van der Waals surface area contributed by atoms with Crippen LogP contribution in [0.1, 0.15) is 11.1 Å². The largest absolute Gasteiger partial charge is 0.382 e. The van der Waals surface area contributed by atoms with Crippen LogP contribution in [0, 0.1) is 0 Å². The zero-order valence-electron chi connectivity index (χ0n) is 10.2. The van der Waals surface area contributed by atoms with Gasteiger partial charge in [0.15, 0.2) is 0 Å². The Morgan fingerprint density at radius 2 is 1.84 bits per heavy atom. The van der Waals surface area contributed by atoms with Crippen LogP contribution in [0.25, 0.3) is 0 Å². The molecule has 0 aliphatic carbocycles. The molecule has 1 aromatic carbocycles. The maximum atomic E-state index is 6.22. The third-order valence-electron chi connectivity index (χ3n) is 3.37. The maximum absolute atomic E-state index is 6.22. The number of nitrogens with zero attached hydrogens (tertiary/aromatic N) is 2. The summed E-state index contributed by atoms with van der Waals surface area (Å²) in [4.78, 5) is 6.44. The van der Waals surface area contributed by atoms with E-state index in [4.69, 9.17) is 28.9 Å². The molecule has 0 atom stereocenters. The van der Waals surface area contributed by atoms with Crippen LogP contribution < -0.4 is 10.6 Å². The van der Waals surface area contributed by atoms with Gasteiger partial charge in [-0.25, -0.2) is 4.98 Å². The Morgan fingerprint density at radius 1 is 1.11 bits per heavy atom. The van der Waals surface area contributed by atoms with Crippen LogP contribution in [0.15, 0.2) is 30.3 Å². The predicted molar refractivity (Wildman–Crippen MR) is 79.9 cm³/mol. The molecule has 0 amide bonds. The molecule has 2 N–H and O–H groups in total. The lowest BCUT2D eigenvalue weighted by Gasteiger charge is -2.30. The number of hydrogen-bond acceptors (Lipinski definition) is 3. The van der Waals surface area contributed by atoms with Gasteiger partial charge >= 0.3 is 0 Å². The minimum Gasteiger partial charge on any atom is -0.382 e. The second-order valence-corrected chi connectivity index (χ2v) is 5.42. The molecule has 0 radical (unpaired) electrons. The number of nitrogens with two attached hydrogens (primary N) is 1. The number of nitrogen functional groups attached to an aromatic ring is 1. The average molecular weight is 294 g/mol. The molecular formula is C14H13Cl2N3. The molecule has 19 heavy (non-hydrogen) atoms. The van der Waals surface area contributed by atoms with Crippen molar-refractivity contribution < 1.29 is 0 Å².